The molecule has 0 aliphatic carbocycles. The van der Waals surface area contributed by atoms with Gasteiger partial charge in [-0.1, -0.05) is 12.1 Å². The van der Waals surface area contributed by atoms with E-state index >= 15 is 0 Å². The summed E-state index contributed by atoms with van der Waals surface area (Å²) < 4.78 is 40.5. The van der Waals surface area contributed by atoms with Crippen LogP contribution in [0.15, 0.2) is 53.4 Å². The number of carbonyl (C=O) groups is 1. The standard InChI is InChI=1S/C17H19FN2O3S/c1-17(2,3)20-24(22,23)13-10-8-12(9-11-13)16(21)19-15-7-5-4-6-14(15)18/h4-11,20H,1-3H3,(H,19,21). The first-order valence-electron chi connectivity index (χ1n) is 7.28. The van der Waals surface area contributed by atoms with E-state index in [9.17, 15) is 17.6 Å². The number of nitrogens with one attached hydrogen (secondary N) is 2. The lowest BCUT2D eigenvalue weighted by Crippen LogP contribution is -2.40. The van der Waals surface area contributed by atoms with Crippen LogP contribution in [0.2, 0.25) is 0 Å². The van der Waals surface area contributed by atoms with E-state index in [1.165, 1.54) is 42.5 Å². The van der Waals surface area contributed by atoms with Crippen molar-refractivity contribution in [1.82, 2.24) is 4.72 Å². The smallest absolute Gasteiger partial charge is 0.255 e. The van der Waals surface area contributed by atoms with Crippen molar-refractivity contribution in [3.63, 3.8) is 0 Å². The molecule has 24 heavy (non-hydrogen) atoms. The fraction of sp³-hybridized carbons (Fsp3) is 0.235. The zero-order valence-electron chi connectivity index (χ0n) is 13.6. The fourth-order valence-corrected chi connectivity index (χ4v) is 3.42. The molecule has 7 heteroatoms. The molecular weight excluding hydrogens is 331 g/mol. The lowest BCUT2D eigenvalue weighted by atomic mass is 10.1. The van der Waals surface area contributed by atoms with Gasteiger partial charge in [-0.2, -0.15) is 0 Å². The molecular formula is C17H19FN2O3S. The summed E-state index contributed by atoms with van der Waals surface area (Å²) in [5, 5.41) is 2.44. The van der Waals surface area contributed by atoms with Crippen LogP contribution < -0.4 is 10.0 Å². The van der Waals surface area contributed by atoms with Crippen molar-refractivity contribution >= 4 is 21.6 Å². The predicted molar refractivity (Wildman–Crippen MR) is 90.9 cm³/mol. The van der Waals surface area contributed by atoms with E-state index < -0.39 is 27.3 Å². The Kier molecular flexibility index (Phi) is 5.05. The Hall–Kier alpha value is -2.25. The largest absolute Gasteiger partial charge is 0.319 e. The Morgan fingerprint density at radius 3 is 2.12 bits per heavy atom. The first-order valence-corrected chi connectivity index (χ1v) is 8.77. The minimum atomic E-state index is -3.67. The molecule has 2 rings (SSSR count). The van der Waals surface area contributed by atoms with E-state index in [2.05, 4.69) is 10.0 Å². The molecule has 0 aromatic heterocycles. The Labute approximate surface area is 141 Å². The third-order valence-corrected chi connectivity index (χ3v) is 4.76. The molecule has 0 unspecified atom stereocenters. The summed E-state index contributed by atoms with van der Waals surface area (Å²) in [5.74, 6) is -1.06. The maximum absolute atomic E-state index is 13.5. The average Bonchev–Trinajstić information content (AvgIpc) is 2.47. The Morgan fingerprint density at radius 2 is 1.58 bits per heavy atom. The summed E-state index contributed by atoms with van der Waals surface area (Å²) >= 11 is 0. The van der Waals surface area contributed by atoms with Crippen molar-refractivity contribution in [2.75, 3.05) is 5.32 Å². The number of benzene rings is 2. The second-order valence-corrected chi connectivity index (χ2v) is 8.00. The highest BCUT2D eigenvalue weighted by atomic mass is 32.2. The van der Waals surface area contributed by atoms with Crippen molar-refractivity contribution in [3.05, 3.63) is 59.9 Å². The summed E-state index contributed by atoms with van der Waals surface area (Å²) in [6.45, 7) is 5.21. The van der Waals surface area contributed by atoms with Crippen molar-refractivity contribution in [2.24, 2.45) is 0 Å². The van der Waals surface area contributed by atoms with Gasteiger partial charge < -0.3 is 5.32 Å². The minimum Gasteiger partial charge on any atom is -0.319 e. The molecule has 2 aromatic rings. The molecule has 0 atom stereocenters. The Balaban J connectivity index is 2.17. The van der Waals surface area contributed by atoms with Crippen LogP contribution >= 0.6 is 0 Å². The van der Waals surface area contributed by atoms with Crippen molar-refractivity contribution in [2.45, 2.75) is 31.2 Å². The minimum absolute atomic E-state index is 0.0554. The Bertz CT molecular complexity index is 841. The molecule has 0 saturated heterocycles. The van der Waals surface area contributed by atoms with Gasteiger partial charge in [-0.05, 0) is 57.2 Å². The third-order valence-electron chi connectivity index (χ3n) is 2.99. The molecule has 0 bridgehead atoms. The number of hydrogen-bond donors (Lipinski definition) is 2. The van der Waals surface area contributed by atoms with Crippen molar-refractivity contribution in [3.8, 4) is 0 Å². The van der Waals surface area contributed by atoms with Crippen molar-refractivity contribution < 1.29 is 17.6 Å². The number of rotatable bonds is 4. The van der Waals surface area contributed by atoms with Gasteiger partial charge in [0, 0.05) is 11.1 Å². The highest BCUT2D eigenvalue weighted by Crippen LogP contribution is 2.16. The molecule has 0 spiro atoms. The van der Waals surface area contributed by atoms with Gasteiger partial charge in [-0.25, -0.2) is 17.5 Å². The van der Waals surface area contributed by atoms with Gasteiger partial charge >= 0.3 is 0 Å². The normalized spacial score (nSPS) is 12.0. The van der Waals surface area contributed by atoms with Gasteiger partial charge in [0.05, 0.1) is 10.6 Å². The van der Waals surface area contributed by atoms with E-state index in [1.54, 1.807) is 26.8 Å². The first-order chi connectivity index (χ1) is 11.1. The number of anilines is 1. The summed E-state index contributed by atoms with van der Waals surface area (Å²) in [5.41, 5.74) is -0.318. The maximum Gasteiger partial charge on any atom is 0.255 e. The fourth-order valence-electron chi connectivity index (χ4n) is 2.00. The summed E-state index contributed by atoms with van der Waals surface area (Å²) in [4.78, 5) is 12.2. The molecule has 2 N–H and O–H groups in total. The predicted octanol–water partition coefficient (Wildman–Crippen LogP) is 3.15. The van der Waals surface area contributed by atoms with Crippen LogP contribution in [0.3, 0.4) is 0 Å². The molecule has 0 aliphatic heterocycles. The quantitative estimate of drug-likeness (QED) is 0.889. The number of para-hydroxylation sites is 1. The highest BCUT2D eigenvalue weighted by molar-refractivity contribution is 7.89. The average molecular weight is 350 g/mol. The zero-order valence-corrected chi connectivity index (χ0v) is 14.4. The second kappa shape index (κ2) is 6.70. The van der Waals surface area contributed by atoms with E-state index in [1.807, 2.05) is 0 Å². The number of carbonyl (C=O) groups excluding carboxylic acids is 1. The van der Waals surface area contributed by atoms with Gasteiger partial charge in [-0.3, -0.25) is 4.79 Å². The molecule has 128 valence electrons. The SMILES string of the molecule is CC(C)(C)NS(=O)(=O)c1ccc(C(=O)Nc2ccccc2F)cc1. The molecule has 0 heterocycles. The zero-order chi connectivity index (χ0) is 18.0. The van der Waals surface area contributed by atoms with Crippen LogP contribution in [0.5, 0.6) is 0 Å². The number of sulfonamides is 1. The van der Waals surface area contributed by atoms with E-state index in [4.69, 9.17) is 0 Å². The lowest BCUT2D eigenvalue weighted by Gasteiger charge is -2.20. The summed E-state index contributed by atoms with van der Waals surface area (Å²) in [6.07, 6.45) is 0. The van der Waals surface area contributed by atoms with Gasteiger partial charge in [0.1, 0.15) is 5.82 Å². The summed E-state index contributed by atoms with van der Waals surface area (Å²) in [6, 6.07) is 11.2. The van der Waals surface area contributed by atoms with Crippen LogP contribution in [-0.2, 0) is 10.0 Å². The monoisotopic (exact) mass is 350 g/mol. The number of halogens is 1. The molecule has 5 nitrogen and oxygen atoms in total. The van der Waals surface area contributed by atoms with Crippen molar-refractivity contribution in [1.29, 1.82) is 0 Å². The highest BCUT2D eigenvalue weighted by Gasteiger charge is 2.22. The van der Waals surface area contributed by atoms with E-state index in [0.717, 1.165) is 0 Å². The van der Waals surface area contributed by atoms with Crippen LogP contribution in [0.1, 0.15) is 31.1 Å². The number of hydrogen-bond acceptors (Lipinski definition) is 3. The van der Waals surface area contributed by atoms with Crippen LogP contribution in [0, 0.1) is 5.82 Å². The van der Waals surface area contributed by atoms with Crippen LogP contribution in [0.25, 0.3) is 0 Å². The third kappa shape index (κ3) is 4.62. The van der Waals surface area contributed by atoms with E-state index in [-0.39, 0.29) is 16.1 Å². The topological polar surface area (TPSA) is 75.3 Å². The molecule has 0 radical (unpaired) electrons. The molecule has 1 amide bonds. The molecule has 0 fully saturated rings. The van der Waals surface area contributed by atoms with Gasteiger partial charge in [-0.15, -0.1) is 0 Å². The maximum atomic E-state index is 13.5. The second-order valence-electron chi connectivity index (χ2n) is 6.31. The lowest BCUT2D eigenvalue weighted by molar-refractivity contribution is 0.102. The van der Waals surface area contributed by atoms with Crippen LogP contribution in [0.4, 0.5) is 10.1 Å². The van der Waals surface area contributed by atoms with Gasteiger partial charge in [0.25, 0.3) is 5.91 Å². The van der Waals surface area contributed by atoms with Gasteiger partial charge in [0.15, 0.2) is 0 Å². The summed E-state index contributed by atoms with van der Waals surface area (Å²) in [7, 11) is -3.67. The van der Waals surface area contributed by atoms with E-state index in [0.29, 0.717) is 0 Å². The van der Waals surface area contributed by atoms with Gasteiger partial charge in [0.2, 0.25) is 10.0 Å². The van der Waals surface area contributed by atoms with Crippen LogP contribution in [-0.4, -0.2) is 19.9 Å². The molecule has 0 aliphatic rings. The molecule has 2 aromatic carbocycles. The first kappa shape index (κ1) is 18.1. The number of amides is 1. The Morgan fingerprint density at radius 1 is 1.00 bits per heavy atom. The molecule has 0 saturated carbocycles.